The van der Waals surface area contributed by atoms with Gasteiger partial charge in [0.05, 0.1) is 12.5 Å². The number of hydrogen-bond acceptors (Lipinski definition) is 4. The molecule has 8 heteroatoms. The average Bonchev–Trinajstić information content (AvgIpc) is 2.77. The maximum absolute atomic E-state index is 14.0. The first-order valence-electron chi connectivity index (χ1n) is 11.4. The van der Waals surface area contributed by atoms with Gasteiger partial charge in [-0.15, -0.1) is 0 Å². The molecule has 2 amide bonds. The maximum atomic E-state index is 14.0. The van der Waals surface area contributed by atoms with Crippen LogP contribution in [0.1, 0.15) is 38.2 Å². The van der Waals surface area contributed by atoms with Gasteiger partial charge >= 0.3 is 0 Å². The Balaban J connectivity index is 1.43. The third kappa shape index (κ3) is 6.89. The molecule has 1 N–H and O–H groups in total. The molecule has 172 valence electrons. The number of hydrogen-bond donors (Lipinski definition) is 1. The average molecular weight is 453 g/mol. The zero-order chi connectivity index (χ0) is 22.2. The topological polar surface area (TPSA) is 55.9 Å². The van der Waals surface area contributed by atoms with Crippen LogP contribution in [0.5, 0.6) is 0 Å². The van der Waals surface area contributed by atoms with Gasteiger partial charge in [0.2, 0.25) is 11.8 Å². The Morgan fingerprint density at radius 2 is 1.94 bits per heavy atom. The second-order valence-corrected chi connectivity index (χ2v) is 8.98. The van der Waals surface area contributed by atoms with Gasteiger partial charge in [-0.1, -0.05) is 31.0 Å². The fourth-order valence-electron chi connectivity index (χ4n) is 4.30. The van der Waals surface area contributed by atoms with E-state index in [1.807, 2.05) is 4.90 Å². The molecule has 31 heavy (non-hydrogen) atoms. The fourth-order valence-corrected chi connectivity index (χ4v) is 4.52. The second kappa shape index (κ2) is 11.8. The van der Waals surface area contributed by atoms with Crippen molar-refractivity contribution in [1.29, 1.82) is 0 Å². The minimum atomic E-state index is -0.288. The number of benzene rings is 1. The lowest BCUT2D eigenvalue weighted by molar-refractivity contribution is -0.136. The van der Waals surface area contributed by atoms with Crippen molar-refractivity contribution in [1.82, 2.24) is 20.0 Å². The minimum absolute atomic E-state index is 0.0271. The smallest absolute Gasteiger partial charge is 0.236 e. The summed E-state index contributed by atoms with van der Waals surface area (Å²) in [7, 11) is 0. The number of nitrogens with one attached hydrogen (secondary N) is 1. The molecule has 1 aromatic carbocycles. The summed E-state index contributed by atoms with van der Waals surface area (Å²) in [6.07, 6.45) is 3.89. The van der Waals surface area contributed by atoms with Crippen LogP contribution in [0.25, 0.3) is 0 Å². The van der Waals surface area contributed by atoms with E-state index in [-0.39, 0.29) is 23.5 Å². The van der Waals surface area contributed by atoms with Gasteiger partial charge in [0.1, 0.15) is 5.82 Å². The lowest BCUT2D eigenvalue weighted by Crippen LogP contribution is -2.52. The Bertz CT molecular complexity index is 735. The lowest BCUT2D eigenvalue weighted by atomic mass is 9.97. The molecule has 2 heterocycles. The fraction of sp³-hybridized carbons (Fsp3) is 0.652. The van der Waals surface area contributed by atoms with Gasteiger partial charge in [-0.2, -0.15) is 0 Å². The number of likely N-dealkylation sites (tertiary alicyclic amines) is 1. The largest absolute Gasteiger partial charge is 0.356 e. The summed E-state index contributed by atoms with van der Waals surface area (Å²) in [6.45, 7) is 7.79. The molecule has 0 bridgehead atoms. The molecule has 0 radical (unpaired) electrons. The highest BCUT2D eigenvalue weighted by atomic mass is 35.5. The highest BCUT2D eigenvalue weighted by Gasteiger charge is 2.29. The molecular weight excluding hydrogens is 419 g/mol. The van der Waals surface area contributed by atoms with Crippen molar-refractivity contribution in [2.75, 3.05) is 52.4 Å². The summed E-state index contributed by atoms with van der Waals surface area (Å²) in [5, 5.41) is 3.46. The van der Waals surface area contributed by atoms with E-state index < -0.39 is 0 Å². The first-order chi connectivity index (χ1) is 15.0. The van der Waals surface area contributed by atoms with Crippen LogP contribution in [0.2, 0.25) is 5.02 Å². The number of amides is 2. The van der Waals surface area contributed by atoms with E-state index >= 15 is 0 Å². The van der Waals surface area contributed by atoms with Crippen molar-refractivity contribution in [2.24, 2.45) is 5.92 Å². The van der Waals surface area contributed by atoms with Gasteiger partial charge in [-0.05, 0) is 37.9 Å². The van der Waals surface area contributed by atoms with E-state index in [4.69, 9.17) is 11.6 Å². The SMILES string of the molecule is CCCCNC(=O)C1CCCN(CC(=O)N2CCN(Cc3c(F)cccc3Cl)CC2)C1. The van der Waals surface area contributed by atoms with E-state index in [1.54, 1.807) is 12.1 Å². The van der Waals surface area contributed by atoms with E-state index in [9.17, 15) is 14.0 Å². The molecule has 2 aliphatic rings. The Morgan fingerprint density at radius 3 is 2.65 bits per heavy atom. The summed E-state index contributed by atoms with van der Waals surface area (Å²) in [5.74, 6) is -0.0909. The first-order valence-corrected chi connectivity index (χ1v) is 11.8. The normalized spacial score (nSPS) is 20.6. The van der Waals surface area contributed by atoms with Gasteiger partial charge in [-0.25, -0.2) is 4.39 Å². The van der Waals surface area contributed by atoms with Crippen LogP contribution in [-0.4, -0.2) is 78.9 Å². The van der Waals surface area contributed by atoms with Crippen molar-refractivity contribution in [3.05, 3.63) is 34.6 Å². The standard InChI is InChI=1S/C23H34ClFN4O2/c1-2-3-9-26-23(31)18-6-5-10-28(15-18)17-22(30)29-13-11-27(12-14-29)16-19-20(24)7-4-8-21(19)25/h4,7-8,18H,2-3,5-6,9-17H2,1H3,(H,26,31). The molecule has 2 fully saturated rings. The third-order valence-corrected chi connectivity index (χ3v) is 6.59. The zero-order valence-electron chi connectivity index (χ0n) is 18.4. The minimum Gasteiger partial charge on any atom is -0.356 e. The number of nitrogens with zero attached hydrogens (tertiary/aromatic N) is 3. The number of piperidine rings is 1. The van der Waals surface area contributed by atoms with Crippen molar-refractivity contribution in [2.45, 2.75) is 39.2 Å². The quantitative estimate of drug-likeness (QED) is 0.616. The van der Waals surface area contributed by atoms with Gasteiger partial charge in [-0.3, -0.25) is 19.4 Å². The van der Waals surface area contributed by atoms with E-state index in [0.29, 0.717) is 56.4 Å². The first kappa shape index (κ1) is 24.0. The number of carbonyl (C=O) groups is 2. The molecule has 3 rings (SSSR count). The Hall–Kier alpha value is -1.70. The van der Waals surface area contributed by atoms with E-state index in [1.165, 1.54) is 6.07 Å². The number of unbranched alkanes of at least 4 members (excludes halogenated alkanes) is 1. The molecule has 0 aromatic heterocycles. The molecule has 2 aliphatic heterocycles. The number of carbonyl (C=O) groups excluding carboxylic acids is 2. The van der Waals surface area contributed by atoms with Gasteiger partial charge < -0.3 is 10.2 Å². The summed E-state index contributed by atoms with van der Waals surface area (Å²) >= 11 is 6.14. The van der Waals surface area contributed by atoms with Crippen molar-refractivity contribution in [3.8, 4) is 0 Å². The van der Waals surface area contributed by atoms with Crippen LogP contribution in [0.4, 0.5) is 4.39 Å². The predicted molar refractivity (Wildman–Crippen MR) is 120 cm³/mol. The molecule has 1 atom stereocenters. The van der Waals surface area contributed by atoms with Crippen LogP contribution in [-0.2, 0) is 16.1 Å². The van der Waals surface area contributed by atoms with E-state index in [2.05, 4.69) is 22.0 Å². The van der Waals surface area contributed by atoms with Gasteiger partial charge in [0.15, 0.2) is 0 Å². The Kier molecular flexibility index (Phi) is 9.11. The van der Waals surface area contributed by atoms with Crippen LogP contribution in [0.15, 0.2) is 18.2 Å². The number of piperazine rings is 1. The highest BCUT2D eigenvalue weighted by Crippen LogP contribution is 2.22. The summed E-state index contributed by atoms with van der Waals surface area (Å²) in [4.78, 5) is 31.3. The number of rotatable bonds is 8. The molecule has 1 unspecified atom stereocenters. The second-order valence-electron chi connectivity index (χ2n) is 8.58. The Morgan fingerprint density at radius 1 is 1.16 bits per heavy atom. The van der Waals surface area contributed by atoms with E-state index in [0.717, 1.165) is 38.8 Å². The zero-order valence-corrected chi connectivity index (χ0v) is 19.2. The van der Waals surface area contributed by atoms with Crippen LogP contribution >= 0.6 is 11.6 Å². The molecule has 6 nitrogen and oxygen atoms in total. The molecule has 0 spiro atoms. The summed E-state index contributed by atoms with van der Waals surface area (Å²) in [6, 6.07) is 4.74. The summed E-state index contributed by atoms with van der Waals surface area (Å²) < 4.78 is 14.0. The number of halogens is 2. The van der Waals surface area contributed by atoms with Crippen LogP contribution in [0, 0.1) is 11.7 Å². The van der Waals surface area contributed by atoms with Gasteiger partial charge in [0, 0.05) is 56.4 Å². The van der Waals surface area contributed by atoms with Crippen molar-refractivity contribution in [3.63, 3.8) is 0 Å². The molecule has 1 aromatic rings. The predicted octanol–water partition coefficient (Wildman–Crippen LogP) is 2.75. The molecule has 0 aliphatic carbocycles. The van der Waals surface area contributed by atoms with Gasteiger partial charge in [0.25, 0.3) is 0 Å². The molecule has 0 saturated carbocycles. The highest BCUT2D eigenvalue weighted by molar-refractivity contribution is 6.31. The molecule has 2 saturated heterocycles. The van der Waals surface area contributed by atoms with Crippen LogP contribution < -0.4 is 5.32 Å². The van der Waals surface area contributed by atoms with Crippen molar-refractivity contribution < 1.29 is 14.0 Å². The molecular formula is C23H34ClFN4O2. The monoisotopic (exact) mass is 452 g/mol. The Labute approximate surface area is 189 Å². The summed E-state index contributed by atoms with van der Waals surface area (Å²) in [5.41, 5.74) is 0.514. The maximum Gasteiger partial charge on any atom is 0.236 e. The van der Waals surface area contributed by atoms with Crippen molar-refractivity contribution >= 4 is 23.4 Å². The van der Waals surface area contributed by atoms with Crippen LogP contribution in [0.3, 0.4) is 0 Å². The third-order valence-electron chi connectivity index (χ3n) is 6.23. The lowest BCUT2D eigenvalue weighted by Gasteiger charge is -2.37.